The lowest BCUT2D eigenvalue weighted by atomic mass is 10.0. The molecule has 0 unspecified atom stereocenters. The van der Waals surface area contributed by atoms with E-state index in [2.05, 4.69) is 15.9 Å². The summed E-state index contributed by atoms with van der Waals surface area (Å²) in [4.78, 5) is 24.8. The third-order valence-electron chi connectivity index (χ3n) is 4.26. The van der Waals surface area contributed by atoms with Crippen molar-refractivity contribution >= 4 is 43.8 Å². The van der Waals surface area contributed by atoms with Gasteiger partial charge in [-0.3, -0.25) is 4.79 Å². The van der Waals surface area contributed by atoms with Crippen molar-refractivity contribution in [2.24, 2.45) is 0 Å². The Labute approximate surface area is 162 Å². The number of furan rings is 1. The topological polar surface area (TPSA) is 69.7 Å². The van der Waals surface area contributed by atoms with Gasteiger partial charge in [0.2, 0.25) is 0 Å². The summed E-state index contributed by atoms with van der Waals surface area (Å²) in [7, 11) is 0. The van der Waals surface area contributed by atoms with Crippen molar-refractivity contribution in [1.82, 2.24) is 0 Å². The average Bonchev–Trinajstić information content (AvgIpc) is 3.02. The lowest BCUT2D eigenvalue weighted by Gasteiger charge is -2.04. The van der Waals surface area contributed by atoms with Crippen LogP contribution < -0.4 is 5.63 Å². The van der Waals surface area contributed by atoms with Gasteiger partial charge in [-0.05, 0) is 36.8 Å². The summed E-state index contributed by atoms with van der Waals surface area (Å²) in [6.45, 7) is 2.02. The van der Waals surface area contributed by atoms with Crippen LogP contribution in [-0.2, 0) is 16.0 Å². The van der Waals surface area contributed by atoms with Gasteiger partial charge in [-0.15, -0.1) is 0 Å². The van der Waals surface area contributed by atoms with E-state index in [9.17, 15) is 9.59 Å². The van der Waals surface area contributed by atoms with Crippen molar-refractivity contribution in [3.05, 3.63) is 69.2 Å². The van der Waals surface area contributed by atoms with Crippen molar-refractivity contribution in [1.29, 1.82) is 0 Å². The molecular weight excluding hydrogens is 412 g/mol. The van der Waals surface area contributed by atoms with Crippen LogP contribution in [0.4, 0.5) is 0 Å². The Morgan fingerprint density at radius 2 is 1.81 bits per heavy atom. The first-order valence-electron chi connectivity index (χ1n) is 8.47. The number of ether oxygens (including phenoxy) is 1. The lowest BCUT2D eigenvalue weighted by molar-refractivity contribution is -0.142. The fraction of sp³-hybridized carbons (Fsp3) is 0.143. The molecule has 2 aromatic heterocycles. The Hall–Kier alpha value is -2.86. The molecule has 0 aliphatic heterocycles. The second kappa shape index (κ2) is 7.04. The van der Waals surface area contributed by atoms with Crippen molar-refractivity contribution in [2.45, 2.75) is 13.3 Å². The van der Waals surface area contributed by atoms with Gasteiger partial charge in [0.15, 0.2) is 5.58 Å². The Morgan fingerprint density at radius 1 is 1.07 bits per heavy atom. The second-order valence-corrected chi connectivity index (χ2v) is 6.89. The average molecular weight is 427 g/mol. The fourth-order valence-corrected chi connectivity index (χ4v) is 3.41. The van der Waals surface area contributed by atoms with E-state index in [4.69, 9.17) is 13.6 Å². The maximum Gasteiger partial charge on any atom is 0.348 e. The summed E-state index contributed by atoms with van der Waals surface area (Å²) in [5, 5.41) is 1.01. The van der Waals surface area contributed by atoms with E-state index in [0.29, 0.717) is 33.3 Å². The van der Waals surface area contributed by atoms with E-state index in [1.54, 1.807) is 19.1 Å². The van der Waals surface area contributed by atoms with Crippen LogP contribution in [0.15, 0.2) is 66.6 Å². The monoisotopic (exact) mass is 426 g/mol. The van der Waals surface area contributed by atoms with Crippen LogP contribution in [-0.4, -0.2) is 12.6 Å². The Kier molecular flexibility index (Phi) is 4.58. The molecule has 136 valence electrons. The van der Waals surface area contributed by atoms with Gasteiger partial charge >= 0.3 is 11.6 Å². The van der Waals surface area contributed by atoms with Gasteiger partial charge in [0.1, 0.15) is 23.2 Å². The smallest absolute Gasteiger partial charge is 0.348 e. The summed E-state index contributed by atoms with van der Waals surface area (Å²) in [5.41, 5.74) is 1.68. The van der Waals surface area contributed by atoms with Crippen molar-refractivity contribution in [3.63, 3.8) is 0 Å². The molecule has 0 N–H and O–H groups in total. The lowest BCUT2D eigenvalue weighted by Crippen LogP contribution is -2.08. The number of para-hydroxylation sites is 1. The van der Waals surface area contributed by atoms with Crippen LogP contribution in [0.25, 0.3) is 33.1 Å². The van der Waals surface area contributed by atoms with Gasteiger partial charge in [0.05, 0.1) is 12.0 Å². The number of benzene rings is 2. The largest absolute Gasteiger partial charge is 0.466 e. The highest BCUT2D eigenvalue weighted by Gasteiger charge is 2.24. The molecule has 2 heterocycles. The molecular formula is C21H15BrO5. The molecule has 0 fully saturated rings. The Bertz CT molecular complexity index is 1200. The molecule has 6 heteroatoms. The van der Waals surface area contributed by atoms with Gasteiger partial charge in [-0.25, -0.2) is 4.79 Å². The molecule has 0 saturated heterocycles. The van der Waals surface area contributed by atoms with E-state index >= 15 is 0 Å². The molecule has 0 spiro atoms. The molecule has 27 heavy (non-hydrogen) atoms. The second-order valence-electron chi connectivity index (χ2n) is 5.98. The zero-order valence-electron chi connectivity index (χ0n) is 14.5. The molecule has 0 saturated carbocycles. The molecule has 0 atom stereocenters. The minimum absolute atomic E-state index is 0.0678. The Morgan fingerprint density at radius 3 is 2.56 bits per heavy atom. The number of hydrogen-bond donors (Lipinski definition) is 0. The quantitative estimate of drug-likeness (QED) is 0.336. The minimum Gasteiger partial charge on any atom is -0.466 e. The van der Waals surface area contributed by atoms with E-state index in [0.717, 1.165) is 10.0 Å². The standard InChI is InChI=1S/C21H15BrO5/c1-2-25-17(23)11-16-18(12-7-9-13(22)10-8-12)19-20(26-16)14-5-3-4-6-15(14)27-21(19)24/h3-10H,2,11H2,1H3. The highest BCUT2D eigenvalue weighted by atomic mass is 79.9. The predicted molar refractivity (Wildman–Crippen MR) is 106 cm³/mol. The van der Waals surface area contributed by atoms with E-state index < -0.39 is 11.6 Å². The summed E-state index contributed by atoms with van der Waals surface area (Å²) in [6.07, 6.45) is -0.0678. The van der Waals surface area contributed by atoms with Crippen molar-refractivity contribution < 1.29 is 18.4 Å². The molecule has 0 aliphatic carbocycles. The van der Waals surface area contributed by atoms with Gasteiger partial charge < -0.3 is 13.6 Å². The SMILES string of the molecule is CCOC(=O)Cc1oc2c(c1-c1ccc(Br)cc1)c(=O)oc1ccccc12. The van der Waals surface area contributed by atoms with Crippen LogP contribution in [0.5, 0.6) is 0 Å². The molecule has 0 bridgehead atoms. The van der Waals surface area contributed by atoms with Gasteiger partial charge in [0, 0.05) is 10.0 Å². The number of rotatable bonds is 4. The first kappa shape index (κ1) is 17.5. The number of fused-ring (bicyclic) bond motifs is 3. The van der Waals surface area contributed by atoms with Crippen LogP contribution in [0.1, 0.15) is 12.7 Å². The summed E-state index contributed by atoms with van der Waals surface area (Å²) in [6, 6.07) is 14.6. The van der Waals surface area contributed by atoms with E-state index in [-0.39, 0.29) is 13.0 Å². The summed E-state index contributed by atoms with van der Waals surface area (Å²) in [5.74, 6) is -0.0296. The summed E-state index contributed by atoms with van der Waals surface area (Å²) >= 11 is 3.41. The van der Waals surface area contributed by atoms with Crippen LogP contribution in [0.3, 0.4) is 0 Å². The van der Waals surface area contributed by atoms with Crippen LogP contribution in [0.2, 0.25) is 0 Å². The maximum absolute atomic E-state index is 12.7. The molecule has 4 rings (SSSR count). The first-order chi connectivity index (χ1) is 13.1. The van der Waals surface area contributed by atoms with Gasteiger partial charge in [-0.2, -0.15) is 0 Å². The number of halogens is 1. The van der Waals surface area contributed by atoms with Crippen LogP contribution >= 0.6 is 15.9 Å². The normalized spacial score (nSPS) is 11.2. The molecule has 5 nitrogen and oxygen atoms in total. The van der Waals surface area contributed by atoms with E-state index in [1.165, 1.54) is 0 Å². The summed E-state index contributed by atoms with van der Waals surface area (Å²) < 4.78 is 17.5. The fourth-order valence-electron chi connectivity index (χ4n) is 3.15. The molecule has 0 amide bonds. The van der Waals surface area contributed by atoms with E-state index in [1.807, 2.05) is 36.4 Å². The zero-order valence-corrected chi connectivity index (χ0v) is 16.0. The molecule has 0 radical (unpaired) electrons. The number of hydrogen-bond acceptors (Lipinski definition) is 5. The number of carbonyl (C=O) groups is 1. The third-order valence-corrected chi connectivity index (χ3v) is 4.79. The molecule has 4 aromatic rings. The number of carbonyl (C=O) groups excluding carboxylic acids is 1. The van der Waals surface area contributed by atoms with Gasteiger partial charge in [-0.1, -0.05) is 40.2 Å². The number of esters is 1. The van der Waals surface area contributed by atoms with Crippen molar-refractivity contribution in [3.8, 4) is 11.1 Å². The highest BCUT2D eigenvalue weighted by molar-refractivity contribution is 9.10. The third kappa shape index (κ3) is 3.17. The molecule has 0 aliphatic rings. The predicted octanol–water partition coefficient (Wildman–Crippen LogP) is 5.07. The highest BCUT2D eigenvalue weighted by Crippen LogP contribution is 2.37. The van der Waals surface area contributed by atoms with Gasteiger partial charge in [0.25, 0.3) is 0 Å². The zero-order chi connectivity index (χ0) is 19.0. The maximum atomic E-state index is 12.7. The Balaban J connectivity index is 2.04. The first-order valence-corrected chi connectivity index (χ1v) is 9.26. The van der Waals surface area contributed by atoms with Crippen molar-refractivity contribution in [2.75, 3.05) is 6.61 Å². The molecule has 2 aromatic carbocycles. The van der Waals surface area contributed by atoms with Crippen LogP contribution in [0, 0.1) is 0 Å². The minimum atomic E-state index is -0.500.